The van der Waals surface area contributed by atoms with Crippen LogP contribution in [-0.2, 0) is 0 Å². The molecular weight excluding hydrogens is 284 g/mol. The first kappa shape index (κ1) is 14.4. The lowest BCUT2D eigenvalue weighted by Gasteiger charge is -2.38. The fourth-order valence-electron chi connectivity index (χ4n) is 2.57. The van der Waals surface area contributed by atoms with Gasteiger partial charge in [0.1, 0.15) is 5.52 Å². The molecule has 21 heavy (non-hydrogen) atoms. The highest BCUT2D eigenvalue weighted by Crippen LogP contribution is 2.31. The summed E-state index contributed by atoms with van der Waals surface area (Å²) in [5.41, 5.74) is 1.67. The molecule has 2 atom stereocenters. The molecule has 3 rings (SSSR count). The molecule has 1 aliphatic heterocycles. The van der Waals surface area contributed by atoms with Crippen molar-refractivity contribution in [3.05, 3.63) is 6.33 Å². The van der Waals surface area contributed by atoms with Crippen molar-refractivity contribution in [3.8, 4) is 0 Å². The van der Waals surface area contributed by atoms with Crippen molar-refractivity contribution in [2.75, 3.05) is 29.1 Å². The summed E-state index contributed by atoms with van der Waals surface area (Å²) in [7, 11) is 0. The van der Waals surface area contributed by atoms with Crippen LogP contribution in [0.3, 0.4) is 0 Å². The lowest BCUT2D eigenvalue weighted by molar-refractivity contribution is 0.622. The zero-order valence-electron chi connectivity index (χ0n) is 12.8. The maximum atomic E-state index is 4.74. The first-order valence-electron chi connectivity index (χ1n) is 7.54. The van der Waals surface area contributed by atoms with E-state index < -0.39 is 0 Å². The van der Waals surface area contributed by atoms with E-state index in [1.165, 1.54) is 0 Å². The van der Waals surface area contributed by atoms with Gasteiger partial charge in [-0.05, 0) is 13.3 Å². The Morgan fingerprint density at radius 1 is 1.43 bits per heavy atom. The summed E-state index contributed by atoms with van der Waals surface area (Å²) in [6.07, 6.45) is 2.74. The monoisotopic (exact) mass is 306 g/mol. The Kier molecular flexibility index (Phi) is 4.19. The van der Waals surface area contributed by atoms with Crippen molar-refractivity contribution in [1.82, 2.24) is 19.9 Å². The average molecular weight is 306 g/mol. The zero-order chi connectivity index (χ0) is 14.8. The van der Waals surface area contributed by atoms with E-state index in [4.69, 9.17) is 4.98 Å². The summed E-state index contributed by atoms with van der Waals surface area (Å²) in [5.74, 6) is 2.77. The largest absolute Gasteiger partial charge is 0.354 e. The molecule has 0 aliphatic carbocycles. The minimum absolute atomic E-state index is 0.448. The van der Waals surface area contributed by atoms with E-state index in [-0.39, 0.29) is 0 Å². The summed E-state index contributed by atoms with van der Waals surface area (Å²) in [6, 6.07) is 0.448. The third kappa shape index (κ3) is 2.79. The molecule has 0 bridgehead atoms. The van der Waals surface area contributed by atoms with Crippen LogP contribution in [0.2, 0.25) is 0 Å². The first-order chi connectivity index (χ1) is 10.2. The van der Waals surface area contributed by atoms with Gasteiger partial charge in [0, 0.05) is 30.1 Å². The normalized spacial score (nSPS) is 22.7. The topological polar surface area (TPSA) is 69.7 Å². The number of anilines is 2. The molecule has 2 aromatic heterocycles. The molecule has 1 aliphatic rings. The van der Waals surface area contributed by atoms with Crippen LogP contribution in [0.15, 0.2) is 6.33 Å². The van der Waals surface area contributed by atoms with Gasteiger partial charge in [0.25, 0.3) is 0 Å². The third-order valence-electron chi connectivity index (χ3n) is 3.96. The number of hydrogen-bond acceptors (Lipinski definition) is 6. The number of rotatable bonds is 4. The number of hydrogen-bond donors (Lipinski definition) is 2. The molecular formula is C14H22N6S. The summed E-state index contributed by atoms with van der Waals surface area (Å²) < 4.78 is 0. The smallest absolute Gasteiger partial charge is 0.226 e. The molecule has 0 spiro atoms. The second-order valence-electron chi connectivity index (χ2n) is 5.41. The standard InChI is InChI=1S/C14H22N6S/c1-4-5-15-14-18-12-11(16-8-17-12)13(19-14)20-6-7-21-10(3)9(20)2/h8-10H,4-7H2,1-3H3,(H2,15,16,17,18,19). The van der Waals surface area contributed by atoms with Crippen LogP contribution >= 0.6 is 11.8 Å². The predicted octanol–water partition coefficient (Wildman–Crippen LogP) is 2.50. The highest BCUT2D eigenvalue weighted by Gasteiger charge is 2.28. The number of aromatic amines is 1. The Hall–Kier alpha value is -1.50. The van der Waals surface area contributed by atoms with E-state index in [1.54, 1.807) is 6.33 Å². The van der Waals surface area contributed by atoms with E-state index in [1.807, 2.05) is 11.8 Å². The summed E-state index contributed by atoms with van der Waals surface area (Å²) in [4.78, 5) is 19.1. The van der Waals surface area contributed by atoms with Crippen molar-refractivity contribution in [3.63, 3.8) is 0 Å². The molecule has 0 radical (unpaired) electrons. The highest BCUT2D eigenvalue weighted by atomic mass is 32.2. The molecule has 1 fully saturated rings. The quantitative estimate of drug-likeness (QED) is 0.904. The molecule has 2 unspecified atom stereocenters. The number of fused-ring (bicyclic) bond motifs is 1. The average Bonchev–Trinajstić information content (AvgIpc) is 2.95. The maximum Gasteiger partial charge on any atom is 0.226 e. The molecule has 0 amide bonds. The predicted molar refractivity (Wildman–Crippen MR) is 89.2 cm³/mol. The van der Waals surface area contributed by atoms with E-state index in [2.05, 4.69) is 45.9 Å². The number of aromatic nitrogens is 4. The van der Waals surface area contributed by atoms with Gasteiger partial charge < -0.3 is 15.2 Å². The number of thioether (sulfide) groups is 1. The number of H-pyrrole nitrogens is 1. The molecule has 1 saturated heterocycles. The SMILES string of the molecule is CCCNc1nc(N2CCSC(C)C2C)c2[nH]cnc2n1. The minimum Gasteiger partial charge on any atom is -0.354 e. The lowest BCUT2D eigenvalue weighted by Crippen LogP contribution is -2.45. The van der Waals surface area contributed by atoms with E-state index in [9.17, 15) is 0 Å². The van der Waals surface area contributed by atoms with Gasteiger partial charge >= 0.3 is 0 Å². The van der Waals surface area contributed by atoms with Crippen LogP contribution in [0.4, 0.5) is 11.8 Å². The molecule has 0 saturated carbocycles. The summed E-state index contributed by atoms with van der Waals surface area (Å²) >= 11 is 2.02. The third-order valence-corrected chi connectivity index (χ3v) is 5.29. The van der Waals surface area contributed by atoms with Gasteiger partial charge in [-0.2, -0.15) is 21.7 Å². The molecule has 0 aromatic carbocycles. The highest BCUT2D eigenvalue weighted by molar-refractivity contribution is 8.00. The zero-order valence-corrected chi connectivity index (χ0v) is 13.6. The van der Waals surface area contributed by atoms with Crippen molar-refractivity contribution in [2.45, 2.75) is 38.5 Å². The van der Waals surface area contributed by atoms with E-state index in [0.29, 0.717) is 17.2 Å². The van der Waals surface area contributed by atoms with Gasteiger partial charge in [0.05, 0.1) is 6.33 Å². The van der Waals surface area contributed by atoms with Crippen molar-refractivity contribution < 1.29 is 0 Å². The Labute approximate surface area is 129 Å². The van der Waals surface area contributed by atoms with Crippen LogP contribution < -0.4 is 10.2 Å². The van der Waals surface area contributed by atoms with Gasteiger partial charge in [-0.25, -0.2) is 4.98 Å². The Bertz CT molecular complexity index is 613. The fraction of sp³-hybridized carbons (Fsp3) is 0.643. The van der Waals surface area contributed by atoms with Crippen LogP contribution in [0.25, 0.3) is 11.2 Å². The Balaban J connectivity index is 2.00. The first-order valence-corrected chi connectivity index (χ1v) is 8.58. The van der Waals surface area contributed by atoms with Crippen molar-refractivity contribution in [1.29, 1.82) is 0 Å². The van der Waals surface area contributed by atoms with Gasteiger partial charge in [-0.3, -0.25) is 0 Å². The minimum atomic E-state index is 0.448. The van der Waals surface area contributed by atoms with Gasteiger partial charge in [0.15, 0.2) is 11.5 Å². The Morgan fingerprint density at radius 2 is 2.29 bits per heavy atom. The Morgan fingerprint density at radius 3 is 3.10 bits per heavy atom. The number of nitrogens with one attached hydrogen (secondary N) is 2. The molecule has 114 valence electrons. The van der Waals surface area contributed by atoms with Crippen molar-refractivity contribution >= 4 is 34.7 Å². The van der Waals surface area contributed by atoms with Crippen LogP contribution in [0.1, 0.15) is 27.2 Å². The van der Waals surface area contributed by atoms with E-state index in [0.717, 1.165) is 42.2 Å². The second kappa shape index (κ2) is 6.09. The van der Waals surface area contributed by atoms with Crippen LogP contribution in [0.5, 0.6) is 0 Å². The van der Waals surface area contributed by atoms with Crippen molar-refractivity contribution in [2.24, 2.45) is 0 Å². The molecule has 3 heterocycles. The molecule has 6 nitrogen and oxygen atoms in total. The molecule has 2 N–H and O–H groups in total. The van der Waals surface area contributed by atoms with E-state index >= 15 is 0 Å². The fourth-order valence-corrected chi connectivity index (χ4v) is 3.67. The maximum absolute atomic E-state index is 4.74. The lowest BCUT2D eigenvalue weighted by atomic mass is 10.2. The summed E-state index contributed by atoms with van der Waals surface area (Å²) in [6.45, 7) is 8.56. The van der Waals surface area contributed by atoms with Crippen LogP contribution in [-0.4, -0.2) is 50.1 Å². The van der Waals surface area contributed by atoms with Gasteiger partial charge in [-0.15, -0.1) is 0 Å². The van der Waals surface area contributed by atoms with Gasteiger partial charge in [-0.1, -0.05) is 13.8 Å². The molecule has 2 aromatic rings. The second-order valence-corrected chi connectivity index (χ2v) is 6.89. The number of nitrogens with zero attached hydrogens (tertiary/aromatic N) is 4. The summed E-state index contributed by atoms with van der Waals surface area (Å²) in [5, 5.41) is 3.87. The number of imidazole rings is 1. The van der Waals surface area contributed by atoms with Crippen LogP contribution in [0, 0.1) is 0 Å². The van der Waals surface area contributed by atoms with Gasteiger partial charge in [0.2, 0.25) is 5.95 Å². The molecule has 7 heteroatoms.